The molecule has 3 fully saturated rings. The molecule has 0 bridgehead atoms. The number of carbonyl (C=O) groups is 2. The summed E-state index contributed by atoms with van der Waals surface area (Å²) in [5.41, 5.74) is 0. The Kier molecular flexibility index (Phi) is 4.24. The molecule has 1 unspecified atom stereocenters. The molecule has 1 N–H and O–H groups in total. The molecule has 1 saturated carbocycles. The van der Waals surface area contributed by atoms with Crippen molar-refractivity contribution in [3.63, 3.8) is 0 Å². The average Bonchev–Trinajstić information content (AvgIpc) is 3.21. The number of hydrogen-bond acceptors (Lipinski definition) is 3. The van der Waals surface area contributed by atoms with E-state index < -0.39 is 0 Å². The van der Waals surface area contributed by atoms with Gasteiger partial charge in [-0.1, -0.05) is 0 Å². The van der Waals surface area contributed by atoms with Crippen LogP contribution in [0.15, 0.2) is 0 Å². The lowest BCUT2D eigenvalue weighted by molar-refractivity contribution is -0.136. The van der Waals surface area contributed by atoms with Gasteiger partial charge >= 0.3 is 0 Å². The van der Waals surface area contributed by atoms with Gasteiger partial charge in [0.25, 0.3) is 0 Å². The molecule has 20 heavy (non-hydrogen) atoms. The number of ether oxygens (including phenoxy) is 1. The van der Waals surface area contributed by atoms with E-state index in [1.54, 1.807) is 0 Å². The summed E-state index contributed by atoms with van der Waals surface area (Å²) in [5.74, 6) is 0.807. The molecule has 5 heteroatoms. The Morgan fingerprint density at radius 2 is 1.80 bits per heavy atom. The average molecular weight is 280 g/mol. The second-order valence-electron chi connectivity index (χ2n) is 6.25. The van der Waals surface area contributed by atoms with Crippen LogP contribution in [0.2, 0.25) is 0 Å². The maximum absolute atomic E-state index is 12.1. The van der Waals surface area contributed by atoms with Crippen molar-refractivity contribution in [2.75, 3.05) is 26.2 Å². The van der Waals surface area contributed by atoms with E-state index in [9.17, 15) is 9.59 Å². The zero-order valence-electron chi connectivity index (χ0n) is 12.0. The molecule has 2 amide bonds. The van der Waals surface area contributed by atoms with E-state index in [-0.39, 0.29) is 17.9 Å². The second kappa shape index (κ2) is 6.12. The van der Waals surface area contributed by atoms with E-state index >= 15 is 0 Å². The van der Waals surface area contributed by atoms with Gasteiger partial charge in [-0.25, -0.2) is 0 Å². The first-order chi connectivity index (χ1) is 9.74. The zero-order valence-corrected chi connectivity index (χ0v) is 12.0. The van der Waals surface area contributed by atoms with Gasteiger partial charge in [-0.05, 0) is 38.5 Å². The Hall–Kier alpha value is -1.10. The van der Waals surface area contributed by atoms with E-state index in [2.05, 4.69) is 5.32 Å². The van der Waals surface area contributed by atoms with Crippen LogP contribution >= 0.6 is 0 Å². The summed E-state index contributed by atoms with van der Waals surface area (Å²) in [6, 6.07) is 0. The zero-order chi connectivity index (χ0) is 13.9. The standard InChI is InChI=1S/C15H24N2O3/c18-14(16-10-13-2-1-9-20-13)11-5-7-17(8-6-11)15(19)12-3-4-12/h11-13H,1-10H2,(H,16,18). The predicted molar refractivity (Wildman–Crippen MR) is 74.0 cm³/mol. The SMILES string of the molecule is O=C(NCC1CCCO1)C1CCN(C(=O)C2CC2)CC1. The van der Waals surface area contributed by atoms with Gasteiger partial charge in [-0.15, -0.1) is 0 Å². The lowest BCUT2D eigenvalue weighted by Gasteiger charge is -2.31. The molecule has 112 valence electrons. The maximum atomic E-state index is 12.1. The summed E-state index contributed by atoms with van der Waals surface area (Å²) >= 11 is 0. The Bertz CT molecular complexity index is 367. The van der Waals surface area contributed by atoms with Gasteiger partial charge in [0.1, 0.15) is 0 Å². The van der Waals surface area contributed by atoms with Gasteiger partial charge in [-0.3, -0.25) is 9.59 Å². The van der Waals surface area contributed by atoms with Crippen molar-refractivity contribution >= 4 is 11.8 Å². The van der Waals surface area contributed by atoms with Crippen molar-refractivity contribution in [1.29, 1.82) is 0 Å². The van der Waals surface area contributed by atoms with Gasteiger partial charge in [-0.2, -0.15) is 0 Å². The van der Waals surface area contributed by atoms with Crippen LogP contribution in [0.3, 0.4) is 0 Å². The lowest BCUT2D eigenvalue weighted by atomic mass is 9.95. The van der Waals surface area contributed by atoms with Crippen LogP contribution in [0, 0.1) is 11.8 Å². The Morgan fingerprint density at radius 3 is 2.40 bits per heavy atom. The van der Waals surface area contributed by atoms with Crippen LogP contribution < -0.4 is 5.32 Å². The first-order valence-electron chi connectivity index (χ1n) is 7.92. The lowest BCUT2D eigenvalue weighted by Crippen LogP contribution is -2.44. The van der Waals surface area contributed by atoms with E-state index in [0.717, 1.165) is 58.2 Å². The Morgan fingerprint density at radius 1 is 1.05 bits per heavy atom. The summed E-state index contributed by atoms with van der Waals surface area (Å²) < 4.78 is 5.50. The van der Waals surface area contributed by atoms with Crippen molar-refractivity contribution in [3.05, 3.63) is 0 Å². The quantitative estimate of drug-likeness (QED) is 0.833. The van der Waals surface area contributed by atoms with Crippen LogP contribution in [-0.2, 0) is 14.3 Å². The van der Waals surface area contributed by atoms with Gasteiger partial charge in [0, 0.05) is 38.1 Å². The predicted octanol–water partition coefficient (Wildman–Crippen LogP) is 0.930. The van der Waals surface area contributed by atoms with Crippen molar-refractivity contribution in [2.45, 2.75) is 44.6 Å². The highest BCUT2D eigenvalue weighted by Crippen LogP contribution is 2.32. The Labute approximate surface area is 120 Å². The molecule has 0 aromatic heterocycles. The second-order valence-corrected chi connectivity index (χ2v) is 6.25. The maximum Gasteiger partial charge on any atom is 0.225 e. The van der Waals surface area contributed by atoms with Gasteiger partial charge < -0.3 is 15.0 Å². The summed E-state index contributed by atoms with van der Waals surface area (Å²) in [7, 11) is 0. The van der Waals surface area contributed by atoms with Crippen LogP contribution in [0.1, 0.15) is 38.5 Å². The van der Waals surface area contributed by atoms with Crippen molar-refractivity contribution in [1.82, 2.24) is 10.2 Å². The fourth-order valence-electron chi connectivity index (χ4n) is 3.11. The monoisotopic (exact) mass is 280 g/mol. The summed E-state index contributed by atoms with van der Waals surface area (Å²) in [5, 5.41) is 3.01. The number of rotatable bonds is 4. The van der Waals surface area contributed by atoms with Gasteiger partial charge in [0.15, 0.2) is 0 Å². The van der Waals surface area contributed by atoms with E-state index in [0.29, 0.717) is 18.4 Å². The fraction of sp³-hybridized carbons (Fsp3) is 0.867. The third-order valence-corrected chi connectivity index (χ3v) is 4.63. The molecule has 0 spiro atoms. The molecule has 2 saturated heterocycles. The van der Waals surface area contributed by atoms with Crippen LogP contribution in [0.5, 0.6) is 0 Å². The number of likely N-dealkylation sites (tertiary alicyclic amines) is 1. The molecule has 2 aliphatic heterocycles. The largest absolute Gasteiger partial charge is 0.376 e. The van der Waals surface area contributed by atoms with Crippen molar-refractivity contribution in [2.24, 2.45) is 11.8 Å². The molecule has 2 heterocycles. The fourth-order valence-corrected chi connectivity index (χ4v) is 3.11. The number of nitrogens with zero attached hydrogens (tertiary/aromatic N) is 1. The molecule has 0 aromatic carbocycles. The number of hydrogen-bond donors (Lipinski definition) is 1. The summed E-state index contributed by atoms with van der Waals surface area (Å²) in [6.07, 6.45) is 6.07. The van der Waals surface area contributed by atoms with E-state index in [1.165, 1.54) is 0 Å². The van der Waals surface area contributed by atoms with Gasteiger partial charge in [0.2, 0.25) is 11.8 Å². The van der Waals surface area contributed by atoms with Crippen molar-refractivity contribution in [3.8, 4) is 0 Å². The van der Waals surface area contributed by atoms with Crippen molar-refractivity contribution < 1.29 is 14.3 Å². The minimum Gasteiger partial charge on any atom is -0.376 e. The molecule has 3 aliphatic rings. The minimum atomic E-state index is 0.0691. The summed E-state index contributed by atoms with van der Waals surface area (Å²) in [4.78, 5) is 26.0. The Balaban J connectivity index is 1.38. The highest BCUT2D eigenvalue weighted by Gasteiger charge is 2.36. The summed E-state index contributed by atoms with van der Waals surface area (Å²) in [6.45, 7) is 2.95. The molecule has 5 nitrogen and oxygen atoms in total. The van der Waals surface area contributed by atoms with Crippen LogP contribution in [0.25, 0.3) is 0 Å². The third-order valence-electron chi connectivity index (χ3n) is 4.63. The topological polar surface area (TPSA) is 58.6 Å². The molecule has 1 aliphatic carbocycles. The van der Waals surface area contributed by atoms with Crippen LogP contribution in [-0.4, -0.2) is 49.1 Å². The minimum absolute atomic E-state index is 0.0691. The van der Waals surface area contributed by atoms with E-state index in [4.69, 9.17) is 4.74 Å². The van der Waals surface area contributed by atoms with E-state index in [1.807, 2.05) is 4.90 Å². The molecule has 3 rings (SSSR count). The van der Waals surface area contributed by atoms with Crippen LogP contribution in [0.4, 0.5) is 0 Å². The third kappa shape index (κ3) is 3.32. The molecule has 0 aromatic rings. The molecular formula is C15H24N2O3. The molecule has 1 atom stereocenters. The first-order valence-corrected chi connectivity index (χ1v) is 7.92. The smallest absolute Gasteiger partial charge is 0.225 e. The number of piperidine rings is 1. The normalized spacial score (nSPS) is 27.6. The first kappa shape index (κ1) is 13.9. The highest BCUT2D eigenvalue weighted by atomic mass is 16.5. The number of nitrogens with one attached hydrogen (secondary N) is 1. The molecule has 0 radical (unpaired) electrons. The number of carbonyl (C=O) groups excluding carboxylic acids is 2. The molecular weight excluding hydrogens is 256 g/mol. The van der Waals surface area contributed by atoms with Gasteiger partial charge in [0.05, 0.1) is 6.10 Å². The number of amides is 2. The highest BCUT2D eigenvalue weighted by molar-refractivity contribution is 5.82.